The molecule has 0 fully saturated rings. The fourth-order valence-corrected chi connectivity index (χ4v) is 3.29. The predicted octanol–water partition coefficient (Wildman–Crippen LogP) is 4.68. The van der Waals surface area contributed by atoms with Crippen LogP contribution in [0.5, 0.6) is 0 Å². The van der Waals surface area contributed by atoms with Gasteiger partial charge < -0.3 is 10.2 Å². The molecule has 0 spiro atoms. The maximum absolute atomic E-state index is 12.9. The van der Waals surface area contributed by atoms with Gasteiger partial charge in [-0.3, -0.25) is 9.59 Å². The Bertz CT molecular complexity index is 1040. The van der Waals surface area contributed by atoms with E-state index in [0.717, 1.165) is 22.5 Å². The Morgan fingerprint density at radius 3 is 2.23 bits per heavy atom. The first-order chi connectivity index (χ1) is 14.8. The van der Waals surface area contributed by atoms with Gasteiger partial charge in [-0.2, -0.15) is 5.10 Å². The number of nitrogens with one attached hydrogen (secondary N) is 1. The molecule has 6 heteroatoms. The van der Waals surface area contributed by atoms with Crippen molar-refractivity contribution in [2.45, 2.75) is 40.7 Å². The van der Waals surface area contributed by atoms with Gasteiger partial charge in [0.2, 0.25) is 11.8 Å². The molecule has 1 heterocycles. The number of aromatic nitrogens is 2. The molecule has 0 saturated heterocycles. The summed E-state index contributed by atoms with van der Waals surface area (Å²) in [6.45, 7) is 9.53. The van der Waals surface area contributed by atoms with Gasteiger partial charge in [-0.1, -0.05) is 61.9 Å². The van der Waals surface area contributed by atoms with E-state index in [4.69, 9.17) is 5.10 Å². The quantitative estimate of drug-likeness (QED) is 0.606. The molecule has 0 radical (unpaired) electrons. The average molecular weight is 419 g/mol. The van der Waals surface area contributed by atoms with E-state index in [1.807, 2.05) is 95.3 Å². The number of aryl methyl sites for hydroxylation is 1. The lowest BCUT2D eigenvalue weighted by Crippen LogP contribution is -2.44. The summed E-state index contributed by atoms with van der Waals surface area (Å²) < 4.78 is 1.73. The van der Waals surface area contributed by atoms with Crippen LogP contribution in [0.25, 0.3) is 16.9 Å². The van der Waals surface area contributed by atoms with E-state index in [9.17, 15) is 9.59 Å². The lowest BCUT2D eigenvalue weighted by Gasteiger charge is -2.27. The van der Waals surface area contributed by atoms with E-state index in [2.05, 4.69) is 5.32 Å². The van der Waals surface area contributed by atoms with Gasteiger partial charge in [0.1, 0.15) is 12.4 Å². The molecule has 0 atom stereocenters. The second-order valence-electron chi connectivity index (χ2n) is 8.29. The third kappa shape index (κ3) is 5.40. The van der Waals surface area contributed by atoms with Crippen LogP contribution in [0, 0.1) is 12.8 Å². The van der Waals surface area contributed by atoms with Crippen molar-refractivity contribution in [3.05, 3.63) is 66.2 Å². The number of anilines is 1. The predicted molar refractivity (Wildman–Crippen MR) is 124 cm³/mol. The molecule has 6 nitrogen and oxygen atoms in total. The molecule has 0 saturated carbocycles. The number of amides is 2. The molecule has 3 rings (SSSR count). The molecular formula is C25H30N4O2. The Balaban J connectivity index is 1.91. The number of carbonyl (C=O) groups is 2. The number of hydrogen-bond donors (Lipinski definition) is 1. The van der Waals surface area contributed by atoms with Crippen LogP contribution >= 0.6 is 0 Å². The Hall–Kier alpha value is -3.41. The molecule has 0 bridgehead atoms. The van der Waals surface area contributed by atoms with Gasteiger partial charge in [0.25, 0.3) is 0 Å². The van der Waals surface area contributed by atoms with E-state index in [-0.39, 0.29) is 30.3 Å². The van der Waals surface area contributed by atoms with Gasteiger partial charge in [0.15, 0.2) is 0 Å². The molecular weight excluding hydrogens is 388 g/mol. The zero-order valence-corrected chi connectivity index (χ0v) is 18.8. The molecule has 1 N–H and O–H groups in total. The van der Waals surface area contributed by atoms with Crippen molar-refractivity contribution in [1.82, 2.24) is 14.7 Å². The van der Waals surface area contributed by atoms with E-state index in [1.165, 1.54) is 0 Å². The normalized spacial score (nSPS) is 11.1. The van der Waals surface area contributed by atoms with E-state index < -0.39 is 0 Å². The minimum absolute atomic E-state index is 0.00553. The molecule has 162 valence electrons. The average Bonchev–Trinajstić information content (AvgIpc) is 3.16. The van der Waals surface area contributed by atoms with Crippen molar-refractivity contribution >= 4 is 17.6 Å². The number of benzene rings is 2. The van der Waals surface area contributed by atoms with Crippen LogP contribution in [0.2, 0.25) is 0 Å². The van der Waals surface area contributed by atoms with Crippen LogP contribution in [0.15, 0.2) is 60.7 Å². The van der Waals surface area contributed by atoms with Crippen LogP contribution in [-0.2, 0) is 9.59 Å². The van der Waals surface area contributed by atoms with Gasteiger partial charge in [0.05, 0.1) is 11.4 Å². The Morgan fingerprint density at radius 2 is 1.65 bits per heavy atom. The second kappa shape index (κ2) is 9.60. The van der Waals surface area contributed by atoms with Gasteiger partial charge in [-0.25, -0.2) is 4.68 Å². The molecule has 2 amide bonds. The van der Waals surface area contributed by atoms with Gasteiger partial charge in [-0.05, 0) is 32.9 Å². The largest absolute Gasteiger partial charge is 0.331 e. The second-order valence-corrected chi connectivity index (χ2v) is 8.29. The first-order valence-electron chi connectivity index (χ1n) is 10.6. The van der Waals surface area contributed by atoms with Crippen molar-refractivity contribution < 1.29 is 9.59 Å². The van der Waals surface area contributed by atoms with Crippen molar-refractivity contribution in [2.75, 3.05) is 11.9 Å². The van der Waals surface area contributed by atoms with Crippen molar-refractivity contribution in [2.24, 2.45) is 5.92 Å². The van der Waals surface area contributed by atoms with Crippen LogP contribution in [0.1, 0.15) is 33.3 Å². The van der Waals surface area contributed by atoms with Crippen molar-refractivity contribution in [1.29, 1.82) is 0 Å². The molecule has 0 unspecified atom stereocenters. The first kappa shape index (κ1) is 22.3. The summed E-state index contributed by atoms with van der Waals surface area (Å²) >= 11 is 0. The zero-order valence-electron chi connectivity index (χ0n) is 18.8. The van der Waals surface area contributed by atoms with E-state index in [1.54, 1.807) is 9.58 Å². The summed E-state index contributed by atoms with van der Waals surface area (Å²) in [5.41, 5.74) is 3.71. The number of nitrogens with zero attached hydrogens (tertiary/aromatic N) is 3. The third-order valence-electron chi connectivity index (χ3n) is 5.04. The summed E-state index contributed by atoms with van der Waals surface area (Å²) in [5.74, 6) is 0.101. The highest BCUT2D eigenvalue weighted by atomic mass is 16.2. The van der Waals surface area contributed by atoms with Crippen LogP contribution in [-0.4, -0.2) is 39.1 Å². The van der Waals surface area contributed by atoms with E-state index >= 15 is 0 Å². The Morgan fingerprint density at radius 1 is 1.00 bits per heavy atom. The van der Waals surface area contributed by atoms with Crippen molar-refractivity contribution in [3.63, 3.8) is 0 Å². The fraction of sp³-hybridized carbons (Fsp3) is 0.320. The van der Waals surface area contributed by atoms with Gasteiger partial charge >= 0.3 is 0 Å². The summed E-state index contributed by atoms with van der Waals surface area (Å²) in [6.07, 6.45) is 0. The van der Waals surface area contributed by atoms with Crippen LogP contribution in [0.3, 0.4) is 0 Å². The SMILES string of the molecule is Cc1ccc(-n2nc(-c3ccccc3)cc2NC(=O)CN(C(=O)C(C)C)C(C)C)cc1. The Labute approximate surface area is 183 Å². The summed E-state index contributed by atoms with van der Waals surface area (Å²) in [5, 5.41) is 7.69. The molecule has 1 aromatic heterocycles. The summed E-state index contributed by atoms with van der Waals surface area (Å²) in [7, 11) is 0. The van der Waals surface area contributed by atoms with E-state index in [0.29, 0.717) is 5.82 Å². The van der Waals surface area contributed by atoms with Gasteiger partial charge in [-0.15, -0.1) is 0 Å². The molecule has 0 aliphatic rings. The summed E-state index contributed by atoms with van der Waals surface area (Å²) in [4.78, 5) is 27.0. The monoisotopic (exact) mass is 418 g/mol. The highest BCUT2D eigenvalue weighted by Crippen LogP contribution is 2.25. The minimum Gasteiger partial charge on any atom is -0.331 e. The van der Waals surface area contributed by atoms with Crippen LogP contribution in [0.4, 0.5) is 5.82 Å². The standard InChI is InChI=1S/C25H30N4O2/c1-17(2)25(31)28(18(3)4)16-24(30)26-23-15-22(20-9-7-6-8-10-20)27-29(23)21-13-11-19(5)12-14-21/h6-15,17-18H,16H2,1-5H3,(H,26,30). The molecule has 2 aromatic carbocycles. The fourth-order valence-electron chi connectivity index (χ4n) is 3.29. The number of hydrogen-bond acceptors (Lipinski definition) is 3. The zero-order chi connectivity index (χ0) is 22.5. The summed E-state index contributed by atoms with van der Waals surface area (Å²) in [6, 6.07) is 19.6. The first-order valence-corrected chi connectivity index (χ1v) is 10.6. The van der Waals surface area contributed by atoms with Crippen molar-refractivity contribution in [3.8, 4) is 16.9 Å². The molecule has 0 aliphatic carbocycles. The highest BCUT2D eigenvalue weighted by Gasteiger charge is 2.23. The van der Waals surface area contributed by atoms with Gasteiger partial charge in [0, 0.05) is 23.6 Å². The lowest BCUT2D eigenvalue weighted by molar-refractivity contribution is -0.139. The molecule has 31 heavy (non-hydrogen) atoms. The molecule has 0 aliphatic heterocycles. The highest BCUT2D eigenvalue weighted by molar-refractivity contribution is 5.95. The lowest BCUT2D eigenvalue weighted by atomic mass is 10.1. The number of rotatable bonds is 7. The topological polar surface area (TPSA) is 67.2 Å². The third-order valence-corrected chi connectivity index (χ3v) is 5.04. The number of carbonyl (C=O) groups excluding carboxylic acids is 2. The molecule has 3 aromatic rings. The Kier molecular flexibility index (Phi) is 6.90. The maximum atomic E-state index is 12.9. The van der Waals surface area contributed by atoms with Crippen LogP contribution < -0.4 is 5.32 Å². The maximum Gasteiger partial charge on any atom is 0.245 e. The minimum atomic E-state index is -0.254. The smallest absolute Gasteiger partial charge is 0.245 e.